The first kappa shape index (κ1) is 18.0. The lowest BCUT2D eigenvalue weighted by Gasteiger charge is -2.21. The Balaban J connectivity index is 1.54. The molecule has 6 nitrogen and oxygen atoms in total. The molecule has 0 unspecified atom stereocenters. The number of likely N-dealkylation sites (N-methyl/N-ethyl adjacent to an activating group) is 1. The molecule has 0 aliphatic heterocycles. The maximum atomic E-state index is 12.8. The molecule has 142 valence electrons. The van der Waals surface area contributed by atoms with Gasteiger partial charge in [0.05, 0.1) is 6.33 Å². The van der Waals surface area contributed by atoms with Gasteiger partial charge in [0.2, 0.25) is 11.5 Å². The second-order valence-corrected chi connectivity index (χ2v) is 6.66. The van der Waals surface area contributed by atoms with Gasteiger partial charge < -0.3 is 9.32 Å². The number of amides is 1. The summed E-state index contributed by atoms with van der Waals surface area (Å²) in [5.41, 5.74) is 2.17. The van der Waals surface area contributed by atoms with E-state index < -0.39 is 0 Å². The predicted molar refractivity (Wildman–Crippen MR) is 108 cm³/mol. The average Bonchev–Trinajstić information content (AvgIpc) is 3.11. The monoisotopic (exact) mass is 375 g/mol. The molecule has 1 amide bonds. The van der Waals surface area contributed by atoms with Crippen LogP contribution >= 0.6 is 0 Å². The number of para-hydroxylation sites is 1. The number of aromatic nitrogens is 2. The number of hydrogen-bond acceptors (Lipinski definition) is 4. The normalized spacial score (nSPS) is 11.2. The first-order valence-electron chi connectivity index (χ1n) is 9.35. The lowest BCUT2D eigenvalue weighted by molar-refractivity contribution is -0.131. The second-order valence-electron chi connectivity index (χ2n) is 6.66. The third-order valence-electron chi connectivity index (χ3n) is 4.90. The first-order chi connectivity index (χ1) is 13.7. The maximum Gasteiger partial charge on any atom is 0.297 e. The van der Waals surface area contributed by atoms with E-state index in [0.717, 1.165) is 11.8 Å². The van der Waals surface area contributed by atoms with E-state index >= 15 is 0 Å². The third-order valence-corrected chi connectivity index (χ3v) is 4.90. The molecular formula is C22H21N3O3. The largest absolute Gasteiger partial charge is 0.448 e. The summed E-state index contributed by atoms with van der Waals surface area (Å²) in [6, 6.07) is 17.4. The second kappa shape index (κ2) is 7.68. The van der Waals surface area contributed by atoms with Gasteiger partial charge in [-0.05, 0) is 31.0 Å². The van der Waals surface area contributed by atoms with E-state index in [2.05, 4.69) is 4.98 Å². The Morgan fingerprint density at radius 2 is 1.86 bits per heavy atom. The summed E-state index contributed by atoms with van der Waals surface area (Å²) in [4.78, 5) is 31.6. The van der Waals surface area contributed by atoms with Crippen molar-refractivity contribution >= 4 is 28.0 Å². The van der Waals surface area contributed by atoms with Gasteiger partial charge in [0.1, 0.15) is 17.6 Å². The van der Waals surface area contributed by atoms with Gasteiger partial charge in [-0.15, -0.1) is 0 Å². The fraction of sp³-hybridized carbons (Fsp3) is 0.227. The highest BCUT2D eigenvalue weighted by atomic mass is 16.3. The number of carbonyl (C=O) groups is 1. The minimum atomic E-state index is -0.339. The zero-order valence-corrected chi connectivity index (χ0v) is 15.7. The Kier molecular flexibility index (Phi) is 4.93. The molecule has 4 rings (SSSR count). The van der Waals surface area contributed by atoms with Crippen LogP contribution in [0.5, 0.6) is 0 Å². The molecule has 0 saturated carbocycles. The van der Waals surface area contributed by atoms with Crippen LogP contribution in [-0.4, -0.2) is 33.4 Å². The van der Waals surface area contributed by atoms with Gasteiger partial charge in [0.15, 0.2) is 0 Å². The number of carbonyl (C=O) groups excluding carboxylic acids is 1. The molecule has 0 N–H and O–H groups in total. The summed E-state index contributed by atoms with van der Waals surface area (Å²) in [5.74, 6) is -0.113. The number of rotatable bonds is 6. The SMILES string of the molecule is CCN(CCc1ccccc1)C(=O)Cn1cnc2c(oc3ccccc32)c1=O. The zero-order chi connectivity index (χ0) is 19.5. The minimum Gasteiger partial charge on any atom is -0.448 e. The summed E-state index contributed by atoms with van der Waals surface area (Å²) in [6.45, 7) is 3.07. The summed E-state index contributed by atoms with van der Waals surface area (Å²) >= 11 is 0. The summed E-state index contributed by atoms with van der Waals surface area (Å²) in [5, 5.41) is 0.797. The molecule has 2 heterocycles. The average molecular weight is 375 g/mol. The molecule has 6 heteroatoms. The van der Waals surface area contributed by atoms with Crippen molar-refractivity contribution in [1.82, 2.24) is 14.5 Å². The molecule has 28 heavy (non-hydrogen) atoms. The van der Waals surface area contributed by atoms with Crippen molar-refractivity contribution in [2.45, 2.75) is 19.9 Å². The molecule has 2 aromatic carbocycles. The van der Waals surface area contributed by atoms with Crippen LogP contribution < -0.4 is 5.56 Å². The first-order valence-corrected chi connectivity index (χ1v) is 9.35. The van der Waals surface area contributed by atoms with Gasteiger partial charge in [-0.2, -0.15) is 0 Å². The molecule has 0 aliphatic carbocycles. The molecule has 0 saturated heterocycles. The van der Waals surface area contributed by atoms with E-state index in [9.17, 15) is 9.59 Å². The Morgan fingerprint density at radius 1 is 1.11 bits per heavy atom. The van der Waals surface area contributed by atoms with Crippen LogP contribution in [0.1, 0.15) is 12.5 Å². The lowest BCUT2D eigenvalue weighted by Crippen LogP contribution is -2.37. The standard InChI is InChI=1S/C22H21N3O3/c1-2-24(13-12-16-8-4-3-5-9-16)19(26)14-25-15-23-20-17-10-6-7-11-18(17)28-21(20)22(25)27/h3-11,15H,2,12-14H2,1H3. The van der Waals surface area contributed by atoms with Gasteiger partial charge in [-0.3, -0.25) is 14.2 Å². The Hall–Kier alpha value is -3.41. The molecule has 4 aromatic rings. The summed E-state index contributed by atoms with van der Waals surface area (Å²) < 4.78 is 6.99. The predicted octanol–water partition coefficient (Wildman–Crippen LogP) is 3.23. The van der Waals surface area contributed by atoms with Crippen molar-refractivity contribution in [2.24, 2.45) is 0 Å². The van der Waals surface area contributed by atoms with E-state index in [-0.39, 0.29) is 23.6 Å². The highest BCUT2D eigenvalue weighted by molar-refractivity contribution is 6.01. The van der Waals surface area contributed by atoms with Crippen molar-refractivity contribution in [1.29, 1.82) is 0 Å². The third kappa shape index (κ3) is 3.41. The molecule has 0 bridgehead atoms. The van der Waals surface area contributed by atoms with Crippen LogP contribution in [0.3, 0.4) is 0 Å². The fourth-order valence-corrected chi connectivity index (χ4v) is 3.34. The quantitative estimate of drug-likeness (QED) is 0.519. The number of benzene rings is 2. The minimum absolute atomic E-state index is 0.0541. The van der Waals surface area contributed by atoms with Crippen LogP contribution in [0.25, 0.3) is 22.1 Å². The van der Waals surface area contributed by atoms with Crippen molar-refractivity contribution < 1.29 is 9.21 Å². The van der Waals surface area contributed by atoms with Gasteiger partial charge in [-0.25, -0.2) is 4.98 Å². The fourth-order valence-electron chi connectivity index (χ4n) is 3.34. The Morgan fingerprint density at radius 3 is 2.64 bits per heavy atom. The Labute approximate surface area is 162 Å². The molecule has 0 fully saturated rings. The van der Waals surface area contributed by atoms with Crippen LogP contribution in [0.4, 0.5) is 0 Å². The molecule has 0 radical (unpaired) electrons. The molecular weight excluding hydrogens is 354 g/mol. The van der Waals surface area contributed by atoms with Crippen molar-refractivity contribution in [2.75, 3.05) is 13.1 Å². The topological polar surface area (TPSA) is 68.3 Å². The number of fused-ring (bicyclic) bond motifs is 3. The van der Waals surface area contributed by atoms with Crippen LogP contribution in [-0.2, 0) is 17.8 Å². The van der Waals surface area contributed by atoms with Crippen LogP contribution in [0.2, 0.25) is 0 Å². The van der Waals surface area contributed by atoms with Crippen molar-refractivity contribution in [3.63, 3.8) is 0 Å². The number of nitrogens with zero attached hydrogens (tertiary/aromatic N) is 3. The maximum absolute atomic E-state index is 12.8. The van der Waals surface area contributed by atoms with Crippen LogP contribution in [0, 0.1) is 0 Å². The molecule has 0 aliphatic rings. The zero-order valence-electron chi connectivity index (χ0n) is 15.7. The molecule has 0 spiro atoms. The van der Waals surface area contributed by atoms with E-state index in [1.54, 1.807) is 11.0 Å². The van der Waals surface area contributed by atoms with E-state index in [4.69, 9.17) is 4.42 Å². The van der Waals surface area contributed by atoms with E-state index in [1.807, 2.05) is 55.5 Å². The van der Waals surface area contributed by atoms with Crippen LogP contribution in [0.15, 0.2) is 70.1 Å². The smallest absolute Gasteiger partial charge is 0.297 e. The number of furan rings is 1. The Bertz CT molecular complexity index is 1180. The van der Waals surface area contributed by atoms with Gasteiger partial charge in [-0.1, -0.05) is 42.5 Å². The van der Waals surface area contributed by atoms with Gasteiger partial charge in [0.25, 0.3) is 5.56 Å². The van der Waals surface area contributed by atoms with E-state index in [1.165, 1.54) is 16.5 Å². The van der Waals surface area contributed by atoms with Gasteiger partial charge >= 0.3 is 0 Å². The molecule has 2 aromatic heterocycles. The van der Waals surface area contributed by atoms with Crippen molar-refractivity contribution in [3.05, 3.63) is 76.8 Å². The highest BCUT2D eigenvalue weighted by Gasteiger charge is 2.17. The van der Waals surface area contributed by atoms with Crippen molar-refractivity contribution in [3.8, 4) is 0 Å². The number of hydrogen-bond donors (Lipinski definition) is 0. The van der Waals surface area contributed by atoms with Gasteiger partial charge in [0, 0.05) is 18.5 Å². The summed E-state index contributed by atoms with van der Waals surface area (Å²) in [6.07, 6.45) is 2.20. The summed E-state index contributed by atoms with van der Waals surface area (Å²) in [7, 11) is 0. The lowest BCUT2D eigenvalue weighted by atomic mass is 10.1. The van der Waals surface area contributed by atoms with E-state index in [0.29, 0.717) is 24.2 Å². The molecule has 0 atom stereocenters. The highest BCUT2D eigenvalue weighted by Crippen LogP contribution is 2.24.